The van der Waals surface area contributed by atoms with Crippen molar-refractivity contribution in [1.82, 2.24) is 15.2 Å². The summed E-state index contributed by atoms with van der Waals surface area (Å²) in [6, 6.07) is 0. The molecule has 0 spiro atoms. The van der Waals surface area contributed by atoms with Gasteiger partial charge in [-0.15, -0.1) is 23.7 Å². The summed E-state index contributed by atoms with van der Waals surface area (Å²) >= 11 is 1.75. The quantitative estimate of drug-likeness (QED) is 0.899. The molecule has 16 heavy (non-hydrogen) atoms. The fourth-order valence-electron chi connectivity index (χ4n) is 2.13. The molecule has 0 atom stereocenters. The maximum absolute atomic E-state index is 4.31. The molecule has 1 fully saturated rings. The number of nitrogens with one attached hydrogen (secondary N) is 1. The van der Waals surface area contributed by atoms with Gasteiger partial charge in [0.2, 0.25) is 0 Å². The Morgan fingerprint density at radius 2 is 2.25 bits per heavy atom. The highest BCUT2D eigenvalue weighted by atomic mass is 35.5. The van der Waals surface area contributed by atoms with E-state index in [9.17, 15) is 0 Å². The number of nitrogens with zero attached hydrogens (tertiary/aromatic N) is 2. The molecule has 2 heterocycles. The third-order valence-corrected chi connectivity index (χ3v) is 3.68. The van der Waals surface area contributed by atoms with Gasteiger partial charge in [0.25, 0.3) is 0 Å². The van der Waals surface area contributed by atoms with Crippen LogP contribution in [-0.4, -0.2) is 36.6 Å². The summed E-state index contributed by atoms with van der Waals surface area (Å²) < 4.78 is 0. The number of thiazole rings is 1. The number of halogens is 1. The fourth-order valence-corrected chi connectivity index (χ4v) is 2.83. The van der Waals surface area contributed by atoms with E-state index in [1.54, 1.807) is 11.3 Å². The van der Waals surface area contributed by atoms with Crippen LogP contribution in [0.1, 0.15) is 17.8 Å². The zero-order chi connectivity index (χ0) is 10.5. The second-order valence-electron chi connectivity index (χ2n) is 4.32. The first-order valence-electron chi connectivity index (χ1n) is 5.62. The summed E-state index contributed by atoms with van der Waals surface area (Å²) in [5.41, 5.74) is 0. The molecule has 1 aromatic heterocycles. The van der Waals surface area contributed by atoms with Gasteiger partial charge in [0.15, 0.2) is 0 Å². The van der Waals surface area contributed by atoms with E-state index >= 15 is 0 Å². The highest BCUT2D eigenvalue weighted by Gasteiger charge is 2.15. The van der Waals surface area contributed by atoms with Crippen molar-refractivity contribution in [3.05, 3.63) is 16.6 Å². The van der Waals surface area contributed by atoms with E-state index in [0.29, 0.717) is 0 Å². The molecule has 1 N–H and O–H groups in total. The normalized spacial score (nSPS) is 17.4. The lowest BCUT2D eigenvalue weighted by Gasteiger charge is -2.26. The van der Waals surface area contributed by atoms with E-state index in [1.165, 1.54) is 37.5 Å². The summed E-state index contributed by atoms with van der Waals surface area (Å²) in [6.45, 7) is 4.59. The van der Waals surface area contributed by atoms with Gasteiger partial charge in [-0.3, -0.25) is 4.90 Å². The van der Waals surface area contributed by atoms with Crippen molar-refractivity contribution >= 4 is 23.7 Å². The molecule has 0 aromatic carbocycles. The molecule has 1 aliphatic heterocycles. The van der Waals surface area contributed by atoms with Crippen LogP contribution >= 0.6 is 23.7 Å². The van der Waals surface area contributed by atoms with E-state index in [2.05, 4.69) is 22.2 Å². The van der Waals surface area contributed by atoms with Crippen molar-refractivity contribution in [1.29, 1.82) is 0 Å². The zero-order valence-electron chi connectivity index (χ0n) is 9.69. The van der Waals surface area contributed by atoms with Crippen LogP contribution in [0.3, 0.4) is 0 Å². The van der Waals surface area contributed by atoms with Crippen LogP contribution in [0.15, 0.2) is 11.6 Å². The Hall–Kier alpha value is -0.160. The largest absolute Gasteiger partial charge is 0.317 e. The molecule has 1 saturated heterocycles. The maximum atomic E-state index is 4.31. The third kappa shape index (κ3) is 4.37. The highest BCUT2D eigenvalue weighted by Crippen LogP contribution is 2.14. The number of rotatable bonds is 4. The molecule has 0 radical (unpaired) electrons. The molecule has 1 aliphatic rings. The van der Waals surface area contributed by atoms with Gasteiger partial charge in [0, 0.05) is 18.1 Å². The number of aromatic nitrogens is 1. The lowest BCUT2D eigenvalue weighted by atomic mass is 9.98. The molecule has 0 saturated carbocycles. The SMILES string of the molecule is CN(Cc1nccs1)CC1CCNCC1.Cl. The number of hydrogen-bond acceptors (Lipinski definition) is 4. The molecular weight excluding hydrogens is 242 g/mol. The highest BCUT2D eigenvalue weighted by molar-refractivity contribution is 7.09. The van der Waals surface area contributed by atoms with Gasteiger partial charge in [0.05, 0.1) is 6.54 Å². The second kappa shape index (κ2) is 7.22. The van der Waals surface area contributed by atoms with Gasteiger partial charge in [0.1, 0.15) is 5.01 Å². The summed E-state index contributed by atoms with van der Waals surface area (Å²) in [5, 5.41) is 6.68. The first kappa shape index (κ1) is 13.9. The van der Waals surface area contributed by atoms with Crippen LogP contribution < -0.4 is 5.32 Å². The average molecular weight is 262 g/mol. The Bertz CT molecular complexity index is 273. The van der Waals surface area contributed by atoms with Crippen molar-refractivity contribution in [2.24, 2.45) is 5.92 Å². The van der Waals surface area contributed by atoms with Crippen LogP contribution in [0.5, 0.6) is 0 Å². The summed E-state index contributed by atoms with van der Waals surface area (Å²) in [4.78, 5) is 6.71. The molecule has 0 unspecified atom stereocenters. The molecular formula is C11H20ClN3S. The molecule has 0 bridgehead atoms. The number of piperidine rings is 1. The van der Waals surface area contributed by atoms with Crippen LogP contribution in [0, 0.1) is 5.92 Å². The van der Waals surface area contributed by atoms with E-state index in [0.717, 1.165) is 12.5 Å². The first-order chi connectivity index (χ1) is 7.34. The van der Waals surface area contributed by atoms with Gasteiger partial charge in [-0.2, -0.15) is 0 Å². The Morgan fingerprint density at radius 3 is 2.88 bits per heavy atom. The van der Waals surface area contributed by atoms with Crippen molar-refractivity contribution in [3.8, 4) is 0 Å². The molecule has 5 heteroatoms. The number of hydrogen-bond donors (Lipinski definition) is 1. The maximum Gasteiger partial charge on any atom is 0.107 e. The van der Waals surface area contributed by atoms with E-state index in [1.807, 2.05) is 11.6 Å². The van der Waals surface area contributed by atoms with Crippen molar-refractivity contribution in [3.63, 3.8) is 0 Å². The molecule has 92 valence electrons. The van der Waals surface area contributed by atoms with Gasteiger partial charge in [-0.05, 0) is 38.9 Å². The molecule has 1 aromatic rings. The smallest absolute Gasteiger partial charge is 0.107 e. The van der Waals surface area contributed by atoms with Crippen LogP contribution in [0.4, 0.5) is 0 Å². The van der Waals surface area contributed by atoms with Crippen LogP contribution in [0.2, 0.25) is 0 Å². The Morgan fingerprint density at radius 1 is 1.50 bits per heavy atom. The van der Waals surface area contributed by atoms with Gasteiger partial charge >= 0.3 is 0 Å². The first-order valence-corrected chi connectivity index (χ1v) is 6.50. The topological polar surface area (TPSA) is 28.2 Å². The summed E-state index contributed by atoms with van der Waals surface area (Å²) in [6.07, 6.45) is 4.53. The minimum Gasteiger partial charge on any atom is -0.317 e. The molecule has 0 amide bonds. The Labute approximate surface area is 108 Å². The van der Waals surface area contributed by atoms with E-state index in [4.69, 9.17) is 0 Å². The predicted octanol–water partition coefficient (Wildman–Crippen LogP) is 2.00. The minimum atomic E-state index is 0. The van der Waals surface area contributed by atoms with Crippen molar-refractivity contribution in [2.75, 3.05) is 26.7 Å². The molecule has 0 aliphatic carbocycles. The van der Waals surface area contributed by atoms with Crippen molar-refractivity contribution < 1.29 is 0 Å². The van der Waals surface area contributed by atoms with Crippen molar-refractivity contribution in [2.45, 2.75) is 19.4 Å². The lowest BCUT2D eigenvalue weighted by molar-refractivity contribution is 0.234. The monoisotopic (exact) mass is 261 g/mol. The molecule has 3 nitrogen and oxygen atoms in total. The predicted molar refractivity (Wildman–Crippen MR) is 71.3 cm³/mol. The third-order valence-electron chi connectivity index (χ3n) is 2.92. The Balaban J connectivity index is 0.00000128. The minimum absolute atomic E-state index is 0. The van der Waals surface area contributed by atoms with E-state index < -0.39 is 0 Å². The standard InChI is InChI=1S/C11H19N3S.ClH/c1-14(9-11-13-6-7-15-11)8-10-2-4-12-5-3-10;/h6-7,10,12H,2-5,8-9H2,1H3;1H. The lowest BCUT2D eigenvalue weighted by Crippen LogP contribution is -2.34. The second-order valence-corrected chi connectivity index (χ2v) is 5.30. The van der Waals surface area contributed by atoms with Gasteiger partial charge in [-0.25, -0.2) is 4.98 Å². The van der Waals surface area contributed by atoms with Gasteiger partial charge < -0.3 is 5.32 Å². The summed E-state index contributed by atoms with van der Waals surface area (Å²) in [7, 11) is 2.20. The fraction of sp³-hybridized carbons (Fsp3) is 0.727. The summed E-state index contributed by atoms with van der Waals surface area (Å²) in [5.74, 6) is 0.871. The average Bonchev–Trinajstić information content (AvgIpc) is 2.71. The van der Waals surface area contributed by atoms with Gasteiger partial charge in [-0.1, -0.05) is 0 Å². The van der Waals surface area contributed by atoms with Crippen LogP contribution in [0.25, 0.3) is 0 Å². The zero-order valence-corrected chi connectivity index (χ0v) is 11.3. The van der Waals surface area contributed by atoms with Crippen LogP contribution in [-0.2, 0) is 6.54 Å². The Kier molecular flexibility index (Phi) is 6.28. The molecule has 2 rings (SSSR count). The van der Waals surface area contributed by atoms with E-state index in [-0.39, 0.29) is 12.4 Å².